The summed E-state index contributed by atoms with van der Waals surface area (Å²) in [6, 6.07) is 13.4. The van der Waals surface area contributed by atoms with Crippen molar-refractivity contribution < 1.29 is 9.13 Å². The van der Waals surface area contributed by atoms with Crippen LogP contribution in [0, 0.1) is 5.82 Å². The molecule has 3 aromatic rings. The minimum Gasteiger partial charge on any atom is -0.497 e. The van der Waals surface area contributed by atoms with E-state index < -0.39 is 0 Å². The predicted molar refractivity (Wildman–Crippen MR) is 92.3 cm³/mol. The van der Waals surface area contributed by atoms with Gasteiger partial charge in [0.15, 0.2) is 5.03 Å². The van der Waals surface area contributed by atoms with E-state index >= 15 is 0 Å². The Hall–Kier alpha value is -2.60. The van der Waals surface area contributed by atoms with Crippen LogP contribution in [0.5, 0.6) is 5.75 Å². The van der Waals surface area contributed by atoms with Gasteiger partial charge in [-0.15, -0.1) is 0 Å². The van der Waals surface area contributed by atoms with Gasteiger partial charge in [-0.2, -0.15) is 0 Å². The van der Waals surface area contributed by atoms with Crippen molar-refractivity contribution >= 4 is 11.8 Å². The van der Waals surface area contributed by atoms with E-state index in [-0.39, 0.29) is 11.4 Å². The highest BCUT2D eigenvalue weighted by Gasteiger charge is 2.08. The standard InChI is InChI=1S/C18H15FN2O2S/c1-23-16-8-6-15(7-9-16)21-11-10-20-17(18(21)22)24-12-13-2-4-14(19)5-3-13/h2-11H,12H2,1H3. The fourth-order valence-electron chi connectivity index (χ4n) is 2.17. The molecule has 0 unspecified atom stereocenters. The van der Waals surface area contributed by atoms with Gasteiger partial charge in [0.05, 0.1) is 7.11 Å². The molecule has 0 aliphatic carbocycles. The third-order valence-corrected chi connectivity index (χ3v) is 4.48. The number of rotatable bonds is 5. The van der Waals surface area contributed by atoms with Gasteiger partial charge in [-0.3, -0.25) is 9.36 Å². The highest BCUT2D eigenvalue weighted by atomic mass is 32.2. The van der Waals surface area contributed by atoms with E-state index in [0.29, 0.717) is 10.8 Å². The summed E-state index contributed by atoms with van der Waals surface area (Å²) in [5, 5.41) is 0.401. The second kappa shape index (κ2) is 7.31. The first kappa shape index (κ1) is 16.3. The Morgan fingerprint density at radius 3 is 2.50 bits per heavy atom. The van der Waals surface area contributed by atoms with Crippen molar-refractivity contribution in [3.63, 3.8) is 0 Å². The van der Waals surface area contributed by atoms with Gasteiger partial charge in [0.1, 0.15) is 11.6 Å². The average molecular weight is 342 g/mol. The van der Waals surface area contributed by atoms with Crippen LogP contribution in [0.2, 0.25) is 0 Å². The number of halogens is 1. The largest absolute Gasteiger partial charge is 0.497 e. The van der Waals surface area contributed by atoms with Crippen molar-refractivity contribution in [2.75, 3.05) is 7.11 Å². The van der Waals surface area contributed by atoms with Crippen molar-refractivity contribution in [2.24, 2.45) is 0 Å². The highest BCUT2D eigenvalue weighted by molar-refractivity contribution is 7.98. The van der Waals surface area contributed by atoms with Gasteiger partial charge in [-0.1, -0.05) is 23.9 Å². The van der Waals surface area contributed by atoms with Gasteiger partial charge < -0.3 is 4.74 Å². The van der Waals surface area contributed by atoms with Crippen LogP contribution < -0.4 is 10.3 Å². The molecular weight excluding hydrogens is 327 g/mol. The third kappa shape index (κ3) is 3.65. The predicted octanol–water partition coefficient (Wildman–Crippen LogP) is 3.67. The Balaban J connectivity index is 1.82. The smallest absolute Gasteiger partial charge is 0.287 e. The summed E-state index contributed by atoms with van der Waals surface area (Å²) in [7, 11) is 1.60. The Morgan fingerprint density at radius 2 is 1.83 bits per heavy atom. The molecule has 6 heteroatoms. The maximum absolute atomic E-state index is 12.9. The molecule has 0 saturated carbocycles. The molecule has 0 N–H and O–H groups in total. The number of hydrogen-bond acceptors (Lipinski definition) is 4. The molecule has 0 amide bonds. The van der Waals surface area contributed by atoms with E-state index in [1.54, 1.807) is 48.3 Å². The molecule has 3 rings (SSSR count). The number of hydrogen-bond donors (Lipinski definition) is 0. The molecule has 0 aliphatic rings. The van der Waals surface area contributed by atoms with Crippen LogP contribution in [0.1, 0.15) is 5.56 Å². The lowest BCUT2D eigenvalue weighted by molar-refractivity contribution is 0.414. The molecule has 2 aromatic carbocycles. The monoisotopic (exact) mass is 342 g/mol. The Kier molecular flexibility index (Phi) is 4.96. The molecule has 0 aliphatic heterocycles. The van der Waals surface area contributed by atoms with Crippen LogP contribution in [0.4, 0.5) is 4.39 Å². The van der Waals surface area contributed by atoms with Crippen molar-refractivity contribution in [1.29, 1.82) is 0 Å². The minimum atomic E-state index is -0.275. The number of aromatic nitrogens is 2. The first-order chi connectivity index (χ1) is 11.7. The molecule has 1 aromatic heterocycles. The normalized spacial score (nSPS) is 10.6. The summed E-state index contributed by atoms with van der Waals surface area (Å²) in [6.45, 7) is 0. The Bertz CT molecular complexity index is 877. The van der Waals surface area contributed by atoms with Crippen molar-refractivity contribution in [1.82, 2.24) is 9.55 Å². The topological polar surface area (TPSA) is 44.1 Å². The number of thioether (sulfide) groups is 1. The maximum Gasteiger partial charge on any atom is 0.287 e. The molecule has 122 valence electrons. The lowest BCUT2D eigenvalue weighted by Gasteiger charge is -2.08. The van der Waals surface area contributed by atoms with Crippen LogP contribution in [0.3, 0.4) is 0 Å². The second-order valence-electron chi connectivity index (χ2n) is 5.02. The zero-order valence-corrected chi connectivity index (χ0v) is 13.8. The highest BCUT2D eigenvalue weighted by Crippen LogP contribution is 2.19. The van der Waals surface area contributed by atoms with Gasteiger partial charge in [0.25, 0.3) is 5.56 Å². The van der Waals surface area contributed by atoms with Crippen LogP contribution >= 0.6 is 11.8 Å². The molecule has 1 heterocycles. The van der Waals surface area contributed by atoms with Crippen LogP contribution in [-0.2, 0) is 5.75 Å². The van der Waals surface area contributed by atoms with Crippen molar-refractivity contribution in [3.05, 3.63) is 82.7 Å². The summed E-state index contributed by atoms with van der Waals surface area (Å²) >= 11 is 1.33. The van der Waals surface area contributed by atoms with Crippen molar-refractivity contribution in [2.45, 2.75) is 10.8 Å². The van der Waals surface area contributed by atoms with Gasteiger partial charge in [0, 0.05) is 23.8 Å². The zero-order valence-electron chi connectivity index (χ0n) is 13.0. The molecule has 0 atom stereocenters. The van der Waals surface area contributed by atoms with Crippen molar-refractivity contribution in [3.8, 4) is 11.4 Å². The van der Waals surface area contributed by atoms with E-state index in [0.717, 1.165) is 17.0 Å². The molecule has 4 nitrogen and oxygen atoms in total. The quantitative estimate of drug-likeness (QED) is 0.664. The summed E-state index contributed by atoms with van der Waals surface area (Å²) in [5.74, 6) is 1.00. The molecule has 0 spiro atoms. The van der Waals surface area contributed by atoms with E-state index in [9.17, 15) is 9.18 Å². The Labute approximate surface area is 142 Å². The molecule has 0 fully saturated rings. The first-order valence-corrected chi connectivity index (χ1v) is 8.25. The first-order valence-electron chi connectivity index (χ1n) is 7.27. The van der Waals surface area contributed by atoms with Crippen LogP contribution in [0.15, 0.2) is 70.7 Å². The molecule has 0 radical (unpaired) electrons. The van der Waals surface area contributed by atoms with E-state index in [2.05, 4.69) is 4.98 Å². The van der Waals surface area contributed by atoms with Gasteiger partial charge >= 0.3 is 0 Å². The van der Waals surface area contributed by atoms with E-state index in [1.165, 1.54) is 23.9 Å². The minimum absolute atomic E-state index is 0.185. The fraction of sp³-hybridized carbons (Fsp3) is 0.111. The number of ether oxygens (including phenoxy) is 1. The summed E-state index contributed by atoms with van der Waals surface area (Å²) in [5.41, 5.74) is 1.49. The molecule has 0 saturated heterocycles. The van der Waals surface area contributed by atoms with Crippen LogP contribution in [-0.4, -0.2) is 16.7 Å². The number of benzene rings is 2. The number of nitrogens with zero attached hydrogens (tertiary/aromatic N) is 2. The summed E-state index contributed by atoms with van der Waals surface area (Å²) in [6.07, 6.45) is 3.23. The SMILES string of the molecule is COc1ccc(-n2ccnc(SCc3ccc(F)cc3)c2=O)cc1. The Morgan fingerprint density at radius 1 is 1.12 bits per heavy atom. The lowest BCUT2D eigenvalue weighted by Crippen LogP contribution is -2.20. The van der Waals surface area contributed by atoms with Gasteiger partial charge in [0.2, 0.25) is 0 Å². The fourth-order valence-corrected chi connectivity index (χ4v) is 3.02. The maximum atomic E-state index is 12.9. The van der Waals surface area contributed by atoms with E-state index in [1.807, 2.05) is 12.1 Å². The zero-order chi connectivity index (χ0) is 16.9. The van der Waals surface area contributed by atoms with Gasteiger partial charge in [-0.25, -0.2) is 9.37 Å². The molecular formula is C18H15FN2O2S. The summed E-state index contributed by atoms with van der Waals surface area (Å²) in [4.78, 5) is 16.7. The second-order valence-corrected chi connectivity index (χ2v) is 5.98. The number of methoxy groups -OCH3 is 1. The van der Waals surface area contributed by atoms with Gasteiger partial charge in [-0.05, 0) is 42.0 Å². The molecule has 24 heavy (non-hydrogen) atoms. The average Bonchev–Trinajstić information content (AvgIpc) is 2.62. The lowest BCUT2D eigenvalue weighted by atomic mass is 10.2. The van der Waals surface area contributed by atoms with E-state index in [4.69, 9.17) is 4.74 Å². The summed E-state index contributed by atoms with van der Waals surface area (Å²) < 4.78 is 19.6. The third-order valence-electron chi connectivity index (χ3n) is 3.45. The molecule has 0 bridgehead atoms. The van der Waals surface area contributed by atoms with Crippen LogP contribution in [0.25, 0.3) is 5.69 Å².